The maximum atomic E-state index is 5.98. The van der Waals surface area contributed by atoms with Gasteiger partial charge in [0.15, 0.2) is 0 Å². The van der Waals surface area contributed by atoms with Gasteiger partial charge in [0.05, 0.1) is 10.2 Å². The van der Waals surface area contributed by atoms with Crippen LogP contribution in [0.2, 0.25) is 0 Å². The number of aromatic nitrogens is 2. The van der Waals surface area contributed by atoms with E-state index in [1.54, 1.807) is 17.7 Å². The number of rotatable bonds is 5. The van der Waals surface area contributed by atoms with E-state index in [9.17, 15) is 0 Å². The van der Waals surface area contributed by atoms with E-state index in [0.29, 0.717) is 11.8 Å². The molecule has 1 unspecified atom stereocenters. The number of hydrogen-bond acceptors (Lipinski definition) is 4. The normalized spacial score (nSPS) is 13.2. The van der Waals surface area contributed by atoms with Crippen molar-refractivity contribution in [1.82, 2.24) is 9.97 Å². The van der Waals surface area contributed by atoms with Crippen LogP contribution in [0.4, 0.5) is 5.82 Å². The molecule has 0 saturated carbocycles. The van der Waals surface area contributed by atoms with E-state index >= 15 is 0 Å². The zero-order chi connectivity index (χ0) is 12.3. The molecule has 2 aromatic rings. The first-order valence-electron chi connectivity index (χ1n) is 5.71. The Kier molecular flexibility index (Phi) is 4.18. The van der Waals surface area contributed by atoms with Crippen molar-refractivity contribution >= 4 is 39.0 Å². The number of nitrogens with one attached hydrogen (secondary N) is 1. The average Bonchev–Trinajstić information content (AvgIpc) is 2.76. The molecular weight excluding hydrogens is 254 g/mol. The summed E-state index contributed by atoms with van der Waals surface area (Å²) in [6.07, 6.45) is 2.64. The van der Waals surface area contributed by atoms with Gasteiger partial charge in [-0.3, -0.25) is 0 Å². The highest BCUT2D eigenvalue weighted by atomic mass is 35.5. The number of halogens is 1. The maximum Gasteiger partial charge on any atom is 0.147 e. The number of alkyl halides is 1. The molecule has 3 nitrogen and oxygen atoms in total. The van der Waals surface area contributed by atoms with Gasteiger partial charge in [-0.05, 0) is 23.8 Å². The van der Waals surface area contributed by atoms with E-state index < -0.39 is 0 Å². The van der Waals surface area contributed by atoms with Crippen molar-refractivity contribution in [2.75, 3.05) is 11.2 Å². The maximum absolute atomic E-state index is 5.98. The zero-order valence-electron chi connectivity index (χ0n) is 9.98. The smallest absolute Gasteiger partial charge is 0.147 e. The fourth-order valence-corrected chi connectivity index (χ4v) is 2.82. The van der Waals surface area contributed by atoms with Crippen LogP contribution in [0, 0.1) is 5.92 Å². The Balaban J connectivity index is 2.19. The summed E-state index contributed by atoms with van der Waals surface area (Å²) in [6, 6.07) is 2.27. The molecule has 2 rings (SSSR count). The van der Waals surface area contributed by atoms with Crippen molar-refractivity contribution in [2.24, 2.45) is 5.92 Å². The van der Waals surface area contributed by atoms with Crippen LogP contribution < -0.4 is 5.32 Å². The van der Waals surface area contributed by atoms with Crippen molar-refractivity contribution in [3.63, 3.8) is 0 Å². The SMILES string of the molecule is CC(C)CC(CCl)Nc1ncnc2ccsc12. The van der Waals surface area contributed by atoms with Gasteiger partial charge in [-0.25, -0.2) is 9.97 Å². The topological polar surface area (TPSA) is 37.8 Å². The fraction of sp³-hybridized carbons (Fsp3) is 0.500. The predicted molar refractivity (Wildman–Crippen MR) is 75.0 cm³/mol. The molecule has 0 aliphatic rings. The van der Waals surface area contributed by atoms with Crippen molar-refractivity contribution in [2.45, 2.75) is 26.3 Å². The van der Waals surface area contributed by atoms with Crippen LogP contribution in [0.1, 0.15) is 20.3 Å². The van der Waals surface area contributed by atoms with Crippen LogP contribution in [-0.2, 0) is 0 Å². The van der Waals surface area contributed by atoms with E-state index in [0.717, 1.165) is 22.5 Å². The molecule has 0 bridgehead atoms. The van der Waals surface area contributed by atoms with Gasteiger partial charge in [0.1, 0.15) is 12.1 Å². The lowest BCUT2D eigenvalue weighted by atomic mass is 10.1. The minimum atomic E-state index is 0.261. The Labute approximate surface area is 110 Å². The number of anilines is 1. The van der Waals surface area contributed by atoms with E-state index in [2.05, 4.69) is 29.1 Å². The van der Waals surface area contributed by atoms with E-state index in [-0.39, 0.29) is 6.04 Å². The summed E-state index contributed by atoms with van der Waals surface area (Å²) in [5.74, 6) is 2.11. The standard InChI is InChI=1S/C12H16ClN3S/c1-8(2)5-9(6-13)16-12-11-10(3-4-17-11)14-7-15-12/h3-4,7-9H,5-6H2,1-2H3,(H,14,15,16). The monoisotopic (exact) mass is 269 g/mol. The lowest BCUT2D eigenvalue weighted by Crippen LogP contribution is -2.24. The molecule has 0 spiro atoms. The Morgan fingerprint density at radius 1 is 1.41 bits per heavy atom. The minimum Gasteiger partial charge on any atom is -0.365 e. The third-order valence-electron chi connectivity index (χ3n) is 2.53. The summed E-state index contributed by atoms with van der Waals surface area (Å²) in [6.45, 7) is 4.39. The molecule has 92 valence electrons. The molecule has 0 fully saturated rings. The predicted octanol–water partition coefficient (Wildman–Crippen LogP) is 3.76. The van der Waals surface area contributed by atoms with E-state index in [1.807, 2.05) is 11.4 Å². The quantitative estimate of drug-likeness (QED) is 0.840. The Morgan fingerprint density at radius 3 is 2.94 bits per heavy atom. The highest BCUT2D eigenvalue weighted by molar-refractivity contribution is 7.17. The van der Waals surface area contributed by atoms with Gasteiger partial charge < -0.3 is 5.32 Å². The molecule has 5 heteroatoms. The molecule has 0 aliphatic carbocycles. The summed E-state index contributed by atoms with van der Waals surface area (Å²) >= 11 is 7.64. The van der Waals surface area contributed by atoms with Gasteiger partial charge in [-0.15, -0.1) is 22.9 Å². The second-order valence-electron chi connectivity index (χ2n) is 4.48. The zero-order valence-corrected chi connectivity index (χ0v) is 11.6. The number of nitrogens with zero attached hydrogens (tertiary/aromatic N) is 2. The van der Waals surface area contributed by atoms with Crippen LogP contribution in [0.3, 0.4) is 0 Å². The molecular formula is C12H16ClN3S. The van der Waals surface area contributed by atoms with Gasteiger partial charge in [0.25, 0.3) is 0 Å². The molecule has 0 saturated heterocycles. The van der Waals surface area contributed by atoms with Crippen LogP contribution in [0.15, 0.2) is 17.8 Å². The number of thiophene rings is 1. The molecule has 1 N–H and O–H groups in total. The van der Waals surface area contributed by atoms with Gasteiger partial charge in [-0.1, -0.05) is 13.8 Å². The summed E-state index contributed by atoms with van der Waals surface area (Å²) < 4.78 is 1.10. The van der Waals surface area contributed by atoms with E-state index in [4.69, 9.17) is 11.6 Å². The van der Waals surface area contributed by atoms with Crippen LogP contribution in [0.5, 0.6) is 0 Å². The fourth-order valence-electron chi connectivity index (χ4n) is 1.81. The molecule has 2 aromatic heterocycles. The molecule has 0 aliphatic heterocycles. The summed E-state index contributed by atoms with van der Waals surface area (Å²) in [5.41, 5.74) is 0.991. The van der Waals surface area contributed by atoms with Crippen LogP contribution in [0.25, 0.3) is 10.2 Å². The molecule has 1 atom stereocenters. The van der Waals surface area contributed by atoms with Crippen molar-refractivity contribution in [3.8, 4) is 0 Å². The van der Waals surface area contributed by atoms with Crippen LogP contribution in [-0.4, -0.2) is 21.9 Å². The highest BCUT2D eigenvalue weighted by Crippen LogP contribution is 2.26. The lowest BCUT2D eigenvalue weighted by Gasteiger charge is -2.18. The molecule has 2 heterocycles. The first kappa shape index (κ1) is 12.6. The van der Waals surface area contributed by atoms with Crippen molar-refractivity contribution in [1.29, 1.82) is 0 Å². The van der Waals surface area contributed by atoms with Crippen molar-refractivity contribution in [3.05, 3.63) is 17.8 Å². The molecule has 0 amide bonds. The second-order valence-corrected chi connectivity index (χ2v) is 5.71. The van der Waals surface area contributed by atoms with Gasteiger partial charge in [0.2, 0.25) is 0 Å². The van der Waals surface area contributed by atoms with Crippen molar-refractivity contribution < 1.29 is 0 Å². The molecule has 17 heavy (non-hydrogen) atoms. The number of fused-ring (bicyclic) bond motifs is 1. The number of hydrogen-bond donors (Lipinski definition) is 1. The highest BCUT2D eigenvalue weighted by Gasteiger charge is 2.12. The Bertz CT molecular complexity index is 483. The molecule has 0 aromatic carbocycles. The first-order valence-corrected chi connectivity index (χ1v) is 7.13. The summed E-state index contributed by atoms with van der Waals surface area (Å²) in [5, 5.41) is 5.45. The first-order chi connectivity index (χ1) is 8.20. The second kappa shape index (κ2) is 5.65. The summed E-state index contributed by atoms with van der Waals surface area (Å²) in [7, 11) is 0. The lowest BCUT2D eigenvalue weighted by molar-refractivity contribution is 0.542. The third-order valence-corrected chi connectivity index (χ3v) is 3.81. The van der Waals surface area contributed by atoms with Gasteiger partial charge in [-0.2, -0.15) is 0 Å². The van der Waals surface area contributed by atoms with Crippen LogP contribution >= 0.6 is 22.9 Å². The van der Waals surface area contributed by atoms with E-state index in [1.165, 1.54) is 0 Å². The minimum absolute atomic E-state index is 0.261. The van der Waals surface area contributed by atoms with Gasteiger partial charge >= 0.3 is 0 Å². The largest absolute Gasteiger partial charge is 0.365 e. The molecule has 0 radical (unpaired) electrons. The third kappa shape index (κ3) is 3.07. The Hall–Kier alpha value is -0.870. The Morgan fingerprint density at radius 2 is 2.24 bits per heavy atom. The van der Waals surface area contributed by atoms with Gasteiger partial charge in [0, 0.05) is 11.9 Å². The average molecular weight is 270 g/mol. The summed E-state index contributed by atoms with van der Waals surface area (Å²) in [4.78, 5) is 8.53.